The fourth-order valence-corrected chi connectivity index (χ4v) is 7.24. The number of aromatic nitrogens is 1. The lowest BCUT2D eigenvalue weighted by molar-refractivity contribution is -0.119. The van der Waals surface area contributed by atoms with Gasteiger partial charge in [-0.05, 0) is 77.5 Å². The fourth-order valence-electron chi connectivity index (χ4n) is 5.34. The van der Waals surface area contributed by atoms with Crippen LogP contribution in [0.3, 0.4) is 0 Å². The highest BCUT2D eigenvalue weighted by Gasteiger charge is 2.42. The van der Waals surface area contributed by atoms with Gasteiger partial charge in [0.15, 0.2) is 0 Å². The zero-order chi connectivity index (χ0) is 30.6. The van der Waals surface area contributed by atoms with Crippen LogP contribution < -0.4 is 20.7 Å². The molecule has 0 saturated carbocycles. The molecule has 3 amide bonds. The van der Waals surface area contributed by atoms with Gasteiger partial charge in [-0.3, -0.25) is 9.59 Å². The maximum atomic E-state index is 12.9. The molecular formula is C32H38BrN5O4S. The lowest BCUT2D eigenvalue weighted by Crippen LogP contribution is -2.36. The average Bonchev–Trinajstić information content (AvgIpc) is 3.55. The molecule has 1 aromatic carbocycles. The number of ether oxygens (including phenoxy) is 1. The van der Waals surface area contributed by atoms with Gasteiger partial charge in [-0.25, -0.2) is 9.78 Å². The summed E-state index contributed by atoms with van der Waals surface area (Å²) in [4.78, 5) is 41.0. The van der Waals surface area contributed by atoms with Gasteiger partial charge >= 0.3 is 6.03 Å². The molecule has 3 heterocycles. The van der Waals surface area contributed by atoms with E-state index in [1.54, 1.807) is 18.2 Å². The maximum Gasteiger partial charge on any atom is 0.315 e. The van der Waals surface area contributed by atoms with Gasteiger partial charge in [-0.1, -0.05) is 38.0 Å². The van der Waals surface area contributed by atoms with Crippen molar-refractivity contribution < 1.29 is 19.1 Å². The number of carbonyl (C=O) groups is 3. The molecule has 2 aliphatic rings. The number of ketones is 1. The lowest BCUT2D eigenvalue weighted by Gasteiger charge is -2.19. The number of nitriles is 1. The van der Waals surface area contributed by atoms with Gasteiger partial charge in [-0.2, -0.15) is 17.0 Å². The average molecular weight is 669 g/mol. The first-order valence-electron chi connectivity index (χ1n) is 14.8. The van der Waals surface area contributed by atoms with Crippen molar-refractivity contribution in [3.05, 3.63) is 63.9 Å². The van der Waals surface area contributed by atoms with E-state index in [1.807, 2.05) is 49.0 Å². The van der Waals surface area contributed by atoms with E-state index in [0.717, 1.165) is 43.4 Å². The maximum absolute atomic E-state index is 12.9. The van der Waals surface area contributed by atoms with Crippen molar-refractivity contribution >= 4 is 51.5 Å². The summed E-state index contributed by atoms with van der Waals surface area (Å²) in [6.07, 6.45) is 7.66. The van der Waals surface area contributed by atoms with Crippen molar-refractivity contribution in [2.45, 2.75) is 81.7 Å². The number of nitrogens with one attached hydrogen (secondary N) is 3. The largest absolute Gasteiger partial charge is 0.494 e. The summed E-state index contributed by atoms with van der Waals surface area (Å²) in [5.41, 5.74) is 1.43. The molecule has 1 aromatic heterocycles. The highest BCUT2D eigenvalue weighted by molar-refractivity contribution is 9.10. The molecule has 2 saturated heterocycles. The molecule has 3 N–H and O–H groups in total. The third-order valence-corrected chi connectivity index (χ3v) is 9.51. The number of fused-ring (bicyclic) bond motifs is 1. The van der Waals surface area contributed by atoms with E-state index >= 15 is 0 Å². The monoisotopic (exact) mass is 667 g/mol. The summed E-state index contributed by atoms with van der Waals surface area (Å²) >= 11 is 5.21. The predicted molar refractivity (Wildman–Crippen MR) is 171 cm³/mol. The lowest BCUT2D eigenvalue weighted by atomic mass is 10.0. The molecule has 0 spiro atoms. The number of halogens is 1. The molecule has 4 rings (SSSR count). The van der Waals surface area contributed by atoms with Crippen LogP contribution in [-0.4, -0.2) is 52.4 Å². The zero-order valence-corrected chi connectivity index (χ0v) is 26.7. The highest BCUT2D eigenvalue weighted by Crippen LogP contribution is 2.33. The van der Waals surface area contributed by atoms with Crippen LogP contribution in [0.1, 0.15) is 75.6 Å². The molecule has 9 nitrogen and oxygen atoms in total. The first-order chi connectivity index (χ1) is 20.9. The molecule has 4 atom stereocenters. The van der Waals surface area contributed by atoms with Gasteiger partial charge in [0, 0.05) is 23.8 Å². The minimum Gasteiger partial charge on any atom is -0.494 e. The fraction of sp³-hybridized carbons (Fsp3) is 0.469. The van der Waals surface area contributed by atoms with Crippen molar-refractivity contribution in [3.8, 4) is 11.8 Å². The summed E-state index contributed by atoms with van der Waals surface area (Å²) in [5, 5.41) is 19.0. The van der Waals surface area contributed by atoms with E-state index in [1.165, 1.54) is 6.08 Å². The van der Waals surface area contributed by atoms with Crippen molar-refractivity contribution in [2.24, 2.45) is 0 Å². The second kappa shape index (κ2) is 16.5. The zero-order valence-electron chi connectivity index (χ0n) is 24.3. The predicted octanol–water partition coefficient (Wildman–Crippen LogP) is 5.86. The number of urea groups is 1. The molecule has 228 valence electrons. The van der Waals surface area contributed by atoms with Gasteiger partial charge in [0.2, 0.25) is 0 Å². The SMILES string of the molecule is CCCC(NC(=O)/C(C#N)=C/c1cccc(Br)n1)c1ccc(OCCCC(=O)CCCC[C@@H]2SC[C@@H]3NC(=O)N[C@@H]32)cc1. The molecule has 0 bridgehead atoms. The Morgan fingerprint density at radius 3 is 2.72 bits per heavy atom. The quantitative estimate of drug-likeness (QED) is 0.0671. The minimum absolute atomic E-state index is 0.0104. The van der Waals surface area contributed by atoms with E-state index in [0.29, 0.717) is 47.2 Å². The topological polar surface area (TPSA) is 133 Å². The van der Waals surface area contributed by atoms with Gasteiger partial charge < -0.3 is 20.7 Å². The number of nitrogens with zero attached hydrogens (tertiary/aromatic N) is 2. The highest BCUT2D eigenvalue weighted by atomic mass is 79.9. The number of thioether (sulfide) groups is 1. The Hall–Kier alpha value is -3.36. The number of rotatable bonds is 16. The minimum atomic E-state index is -0.446. The van der Waals surface area contributed by atoms with Crippen LogP contribution in [0.4, 0.5) is 4.79 Å². The normalized spacial score (nSPS) is 20.0. The van der Waals surface area contributed by atoms with Crippen LogP contribution in [0.25, 0.3) is 6.08 Å². The molecule has 2 fully saturated rings. The number of pyridine rings is 1. The second-order valence-electron chi connectivity index (χ2n) is 10.8. The summed E-state index contributed by atoms with van der Waals surface area (Å²) in [5.74, 6) is 1.47. The number of hydrogen-bond donors (Lipinski definition) is 3. The van der Waals surface area contributed by atoms with E-state index in [4.69, 9.17) is 4.74 Å². The molecule has 2 aliphatic heterocycles. The molecule has 0 radical (unpaired) electrons. The molecule has 43 heavy (non-hydrogen) atoms. The Labute approximate surface area is 265 Å². The number of hydrogen-bond acceptors (Lipinski definition) is 7. The molecule has 2 aromatic rings. The van der Waals surface area contributed by atoms with Crippen LogP contribution in [0.15, 0.2) is 52.6 Å². The van der Waals surface area contributed by atoms with E-state index < -0.39 is 5.91 Å². The first kappa shape index (κ1) is 32.6. The van der Waals surface area contributed by atoms with Crippen molar-refractivity contribution in [2.75, 3.05) is 12.4 Å². The van der Waals surface area contributed by atoms with E-state index in [2.05, 4.69) is 36.9 Å². The van der Waals surface area contributed by atoms with Crippen LogP contribution in [0, 0.1) is 11.3 Å². The van der Waals surface area contributed by atoms with E-state index in [9.17, 15) is 19.6 Å². The number of amides is 3. The Morgan fingerprint density at radius 1 is 1.19 bits per heavy atom. The third-order valence-electron chi connectivity index (χ3n) is 7.56. The van der Waals surface area contributed by atoms with Crippen LogP contribution in [0.2, 0.25) is 0 Å². The molecular weight excluding hydrogens is 630 g/mol. The Morgan fingerprint density at radius 2 is 1.98 bits per heavy atom. The first-order valence-corrected chi connectivity index (χ1v) is 16.7. The van der Waals surface area contributed by atoms with Crippen LogP contribution >= 0.6 is 27.7 Å². The smallest absolute Gasteiger partial charge is 0.315 e. The summed E-state index contributed by atoms with van der Waals surface area (Å²) in [7, 11) is 0. The molecule has 11 heteroatoms. The van der Waals surface area contributed by atoms with Crippen molar-refractivity contribution in [3.63, 3.8) is 0 Å². The third kappa shape index (κ3) is 9.83. The summed E-state index contributed by atoms with van der Waals surface area (Å²) in [6, 6.07) is 15.0. The van der Waals surface area contributed by atoms with Gasteiger partial charge in [0.25, 0.3) is 5.91 Å². The van der Waals surface area contributed by atoms with E-state index in [-0.39, 0.29) is 35.5 Å². The van der Waals surface area contributed by atoms with Crippen molar-refractivity contribution in [1.82, 2.24) is 20.9 Å². The summed E-state index contributed by atoms with van der Waals surface area (Å²) in [6.45, 7) is 2.50. The Bertz CT molecular complexity index is 1350. The number of carbonyl (C=O) groups excluding carboxylic acids is 3. The van der Waals surface area contributed by atoms with Crippen LogP contribution in [-0.2, 0) is 9.59 Å². The standard InChI is InChI=1S/C32H38BrN5O4S/c1-2-7-26(36-31(40)22(19-34)18-23-8-5-12-29(33)35-23)21-13-15-25(16-14-21)42-17-6-10-24(39)9-3-4-11-28-30-27(20-43-28)37-32(41)38-30/h5,8,12-16,18,26-28,30H,2-4,6-7,9-11,17,20H2,1H3,(H,36,40)(H2,37,38,41)/b22-18+/t26?,27-,28-,30-/m0/s1. The van der Waals surface area contributed by atoms with Crippen molar-refractivity contribution in [1.29, 1.82) is 5.26 Å². The second-order valence-corrected chi connectivity index (χ2v) is 12.9. The molecule has 1 unspecified atom stereocenters. The van der Waals surface area contributed by atoms with Gasteiger partial charge in [-0.15, -0.1) is 0 Å². The van der Waals surface area contributed by atoms with Crippen LogP contribution in [0.5, 0.6) is 5.75 Å². The Kier molecular flexibility index (Phi) is 12.5. The summed E-state index contributed by atoms with van der Waals surface area (Å²) < 4.78 is 6.49. The number of Topliss-reactive ketones (excluding diaryl/α,β-unsaturated/α-hetero) is 1. The van der Waals surface area contributed by atoms with Gasteiger partial charge in [0.1, 0.15) is 27.8 Å². The van der Waals surface area contributed by atoms with Gasteiger partial charge in [0.05, 0.1) is 30.4 Å². The Balaban J connectivity index is 1.16. The molecule has 0 aliphatic carbocycles. The number of benzene rings is 1. The number of unbranched alkanes of at least 4 members (excludes halogenated alkanes) is 1.